The third-order valence-corrected chi connectivity index (χ3v) is 21.5. The normalized spacial score (nSPS) is 24.9. The van der Waals surface area contributed by atoms with E-state index in [4.69, 9.17) is 29.7 Å². The van der Waals surface area contributed by atoms with Crippen molar-refractivity contribution in [3.8, 4) is 0 Å². The highest BCUT2D eigenvalue weighted by molar-refractivity contribution is 6.90. The summed E-state index contributed by atoms with van der Waals surface area (Å²) in [6.45, 7) is 12.3. The molecule has 0 spiro atoms. The van der Waals surface area contributed by atoms with E-state index in [-0.39, 0.29) is 0 Å². The van der Waals surface area contributed by atoms with Gasteiger partial charge in [-0.15, -0.1) is 0 Å². The van der Waals surface area contributed by atoms with Crippen LogP contribution in [0.5, 0.6) is 0 Å². The SMILES string of the molecule is CO[Si](CC[Si]1(C)O[Si](C)(C)O[Si](C)O[Si](C)(C)O1)(OC)OC. The maximum Gasteiger partial charge on any atom is 0.500 e. The first-order chi connectivity index (χ1) is 10.4. The molecule has 1 fully saturated rings. The summed E-state index contributed by atoms with van der Waals surface area (Å²) in [6, 6.07) is 1.37. The molecule has 0 atom stereocenters. The molecule has 0 aliphatic carbocycles. The first-order valence-corrected chi connectivity index (χ1v) is 19.6. The van der Waals surface area contributed by atoms with Crippen molar-refractivity contribution in [2.45, 2.75) is 51.4 Å². The summed E-state index contributed by atoms with van der Waals surface area (Å²) in [4.78, 5) is 0. The largest absolute Gasteiger partial charge is 0.500 e. The lowest BCUT2D eigenvalue weighted by molar-refractivity contribution is 0.124. The van der Waals surface area contributed by atoms with Crippen LogP contribution in [0.25, 0.3) is 0 Å². The van der Waals surface area contributed by atoms with Gasteiger partial charge < -0.3 is 29.7 Å². The molecule has 0 saturated carbocycles. The lowest BCUT2D eigenvalue weighted by atomic mass is 10.9. The summed E-state index contributed by atoms with van der Waals surface area (Å²) >= 11 is 0. The molecule has 0 aromatic heterocycles. The molecule has 0 bridgehead atoms. The summed E-state index contributed by atoms with van der Waals surface area (Å²) in [5, 5.41) is 0. The van der Waals surface area contributed by atoms with Gasteiger partial charge in [0.2, 0.25) is 0 Å². The van der Waals surface area contributed by atoms with E-state index >= 15 is 0 Å². The molecular weight excluding hydrogens is 385 g/mol. The summed E-state index contributed by atoms with van der Waals surface area (Å²) in [5.74, 6) is 0. The van der Waals surface area contributed by atoms with E-state index in [1.165, 1.54) is 0 Å². The summed E-state index contributed by atoms with van der Waals surface area (Å²) in [7, 11) is -6.20. The Balaban J connectivity index is 2.94. The minimum absolute atomic E-state index is 0.651. The Morgan fingerprint density at radius 1 is 0.826 bits per heavy atom. The molecule has 0 aromatic carbocycles. The van der Waals surface area contributed by atoms with E-state index in [0.29, 0.717) is 6.04 Å². The zero-order valence-corrected chi connectivity index (χ0v) is 20.8. The van der Waals surface area contributed by atoms with Crippen LogP contribution in [0.3, 0.4) is 0 Å². The van der Waals surface area contributed by atoms with Crippen LogP contribution >= 0.6 is 0 Å². The molecule has 1 radical (unpaired) electrons. The van der Waals surface area contributed by atoms with E-state index in [9.17, 15) is 0 Å². The zero-order chi connectivity index (χ0) is 17.9. The highest BCUT2D eigenvalue weighted by Crippen LogP contribution is 2.32. The van der Waals surface area contributed by atoms with Crippen LogP contribution in [0.15, 0.2) is 0 Å². The molecule has 1 aliphatic rings. The van der Waals surface area contributed by atoms with Gasteiger partial charge in [-0.2, -0.15) is 0 Å². The topological polar surface area (TPSA) is 64.6 Å². The van der Waals surface area contributed by atoms with Crippen molar-refractivity contribution in [3.05, 3.63) is 0 Å². The van der Waals surface area contributed by atoms with Gasteiger partial charge in [-0.05, 0) is 45.3 Å². The molecule has 137 valence electrons. The van der Waals surface area contributed by atoms with Crippen molar-refractivity contribution in [3.63, 3.8) is 0 Å². The minimum atomic E-state index is -2.65. The number of hydrogen-bond donors (Lipinski definition) is 0. The maximum atomic E-state index is 6.47. The van der Waals surface area contributed by atoms with E-state index in [1.54, 1.807) is 21.3 Å². The Kier molecular flexibility index (Phi) is 7.60. The predicted molar refractivity (Wildman–Crippen MR) is 98.9 cm³/mol. The fourth-order valence-corrected chi connectivity index (χ4v) is 23.8. The van der Waals surface area contributed by atoms with Gasteiger partial charge in [-0.3, -0.25) is 0 Å². The standard InChI is InChI=1S/C11H31O7Si5/c1-12-23(13-2,14-3)11-10-22(9)17-20(5,6)15-19(4)16-21(7,8)18-22/h10-11H2,1-9H3. The predicted octanol–water partition coefficient (Wildman–Crippen LogP) is 2.54. The molecule has 1 aliphatic heterocycles. The van der Waals surface area contributed by atoms with E-state index in [1.807, 2.05) is 32.7 Å². The summed E-state index contributed by atoms with van der Waals surface area (Å²) < 4.78 is 41.7. The second-order valence-electron chi connectivity index (χ2n) is 6.63. The fraction of sp³-hybridized carbons (Fsp3) is 1.00. The number of rotatable bonds is 6. The summed E-state index contributed by atoms with van der Waals surface area (Å²) in [6.07, 6.45) is 0. The third kappa shape index (κ3) is 6.55. The van der Waals surface area contributed by atoms with Gasteiger partial charge in [0.15, 0.2) is 0 Å². The average molecular weight is 416 g/mol. The van der Waals surface area contributed by atoms with Crippen molar-refractivity contribution in [1.29, 1.82) is 0 Å². The van der Waals surface area contributed by atoms with E-state index in [2.05, 4.69) is 6.55 Å². The monoisotopic (exact) mass is 415 g/mol. The van der Waals surface area contributed by atoms with Gasteiger partial charge in [-0.25, -0.2) is 0 Å². The molecule has 1 saturated heterocycles. The van der Waals surface area contributed by atoms with Crippen molar-refractivity contribution in [2.75, 3.05) is 21.3 Å². The molecule has 12 heteroatoms. The zero-order valence-electron chi connectivity index (χ0n) is 15.8. The second-order valence-corrected chi connectivity index (χ2v) is 22.3. The first-order valence-electron chi connectivity index (χ1n) is 7.68. The Morgan fingerprint density at radius 3 is 1.57 bits per heavy atom. The Bertz CT molecular complexity index is 363. The Labute approximate surface area is 146 Å². The smallest absolute Gasteiger partial charge is 0.416 e. The van der Waals surface area contributed by atoms with Gasteiger partial charge in [-0.1, -0.05) is 0 Å². The minimum Gasteiger partial charge on any atom is -0.416 e. The molecule has 1 heterocycles. The maximum absolute atomic E-state index is 6.47. The van der Waals surface area contributed by atoms with E-state index < -0.39 is 43.8 Å². The van der Waals surface area contributed by atoms with Crippen molar-refractivity contribution in [1.82, 2.24) is 0 Å². The molecule has 0 unspecified atom stereocenters. The Hall–Kier alpha value is 0.804. The van der Waals surface area contributed by atoms with Gasteiger partial charge >= 0.3 is 43.8 Å². The molecule has 0 amide bonds. The van der Waals surface area contributed by atoms with Crippen molar-refractivity contribution < 1.29 is 29.7 Å². The van der Waals surface area contributed by atoms with E-state index in [0.717, 1.165) is 6.04 Å². The second kappa shape index (κ2) is 8.00. The molecule has 1 rings (SSSR count). The first kappa shape index (κ1) is 21.8. The van der Waals surface area contributed by atoms with Gasteiger partial charge in [0, 0.05) is 27.4 Å². The highest BCUT2D eigenvalue weighted by Gasteiger charge is 2.51. The lowest BCUT2D eigenvalue weighted by Crippen LogP contribution is -2.62. The van der Waals surface area contributed by atoms with Crippen LogP contribution in [0.2, 0.25) is 51.4 Å². The van der Waals surface area contributed by atoms with Gasteiger partial charge in [0.25, 0.3) is 0 Å². The Morgan fingerprint density at radius 2 is 1.22 bits per heavy atom. The van der Waals surface area contributed by atoms with Crippen LogP contribution < -0.4 is 0 Å². The summed E-state index contributed by atoms with van der Waals surface area (Å²) in [5.41, 5.74) is 0. The molecular formula is C11H31O7Si5. The third-order valence-electron chi connectivity index (χ3n) is 3.52. The quantitative estimate of drug-likeness (QED) is 0.618. The van der Waals surface area contributed by atoms with Crippen molar-refractivity contribution >= 4 is 43.8 Å². The molecule has 0 N–H and O–H groups in total. The number of hydrogen-bond acceptors (Lipinski definition) is 7. The van der Waals surface area contributed by atoms with Gasteiger partial charge in [0.1, 0.15) is 0 Å². The lowest BCUT2D eigenvalue weighted by Gasteiger charge is -2.44. The van der Waals surface area contributed by atoms with Crippen LogP contribution in [-0.2, 0) is 29.7 Å². The highest BCUT2D eigenvalue weighted by atomic mass is 28.5. The van der Waals surface area contributed by atoms with Crippen LogP contribution in [0, 0.1) is 0 Å². The average Bonchev–Trinajstić information content (AvgIpc) is 2.36. The van der Waals surface area contributed by atoms with Crippen LogP contribution in [0.1, 0.15) is 0 Å². The molecule has 0 aromatic rings. The van der Waals surface area contributed by atoms with Crippen LogP contribution in [-0.4, -0.2) is 65.1 Å². The van der Waals surface area contributed by atoms with Gasteiger partial charge in [0.05, 0.1) is 0 Å². The van der Waals surface area contributed by atoms with Crippen molar-refractivity contribution in [2.24, 2.45) is 0 Å². The molecule has 7 nitrogen and oxygen atoms in total. The molecule has 23 heavy (non-hydrogen) atoms. The fourth-order valence-electron chi connectivity index (χ4n) is 2.85. The van der Waals surface area contributed by atoms with Crippen LogP contribution in [0.4, 0.5) is 0 Å².